The highest BCUT2D eigenvalue weighted by atomic mass is 32.1. The van der Waals surface area contributed by atoms with Gasteiger partial charge in [-0.3, -0.25) is 15.0 Å². The number of hydrogen-bond acceptors (Lipinski definition) is 6. The Morgan fingerprint density at radius 3 is 2.50 bits per heavy atom. The van der Waals surface area contributed by atoms with Crippen LogP contribution in [0.25, 0.3) is 6.08 Å². The first-order valence-corrected chi connectivity index (χ1v) is 7.76. The first-order chi connectivity index (χ1) is 11.6. The Kier molecular flexibility index (Phi) is 5.94. The number of rotatable bonds is 6. The molecular weight excluding hydrogens is 330 g/mol. The van der Waals surface area contributed by atoms with Crippen molar-refractivity contribution in [2.24, 2.45) is 5.84 Å². The monoisotopic (exact) mass is 347 g/mol. The number of carbonyl (C=O) groups is 2. The van der Waals surface area contributed by atoms with Crippen molar-refractivity contribution in [1.29, 1.82) is 0 Å². The average molecular weight is 347 g/mol. The number of nitrogens with one attached hydrogen (secondary N) is 2. The van der Waals surface area contributed by atoms with Crippen LogP contribution in [0.2, 0.25) is 0 Å². The largest absolute Gasteiger partial charge is 0.493 e. The van der Waals surface area contributed by atoms with E-state index in [1.54, 1.807) is 35.7 Å². The Hall–Kier alpha value is -2.84. The molecule has 126 valence electrons. The Morgan fingerprint density at radius 2 is 1.92 bits per heavy atom. The molecule has 0 spiro atoms. The highest BCUT2D eigenvalue weighted by Crippen LogP contribution is 2.28. The van der Waals surface area contributed by atoms with Gasteiger partial charge >= 0.3 is 0 Å². The molecule has 0 bridgehead atoms. The average Bonchev–Trinajstić information content (AvgIpc) is 3.15. The van der Waals surface area contributed by atoms with Crippen LogP contribution in [0.4, 0.5) is 0 Å². The summed E-state index contributed by atoms with van der Waals surface area (Å²) in [7, 11) is 3.04. The van der Waals surface area contributed by atoms with Gasteiger partial charge in [0, 0.05) is 0 Å². The minimum Gasteiger partial charge on any atom is -0.493 e. The summed E-state index contributed by atoms with van der Waals surface area (Å²) in [6.45, 7) is 0. The summed E-state index contributed by atoms with van der Waals surface area (Å²) in [4.78, 5) is 24.6. The zero-order chi connectivity index (χ0) is 17.5. The molecule has 0 aliphatic rings. The molecule has 0 atom stereocenters. The molecule has 0 aliphatic carbocycles. The summed E-state index contributed by atoms with van der Waals surface area (Å²) in [5, 5.41) is 4.33. The molecule has 7 nitrogen and oxygen atoms in total. The van der Waals surface area contributed by atoms with E-state index in [1.807, 2.05) is 5.43 Å². The number of hydrazine groups is 1. The summed E-state index contributed by atoms with van der Waals surface area (Å²) in [5.74, 6) is 5.24. The molecule has 0 radical (unpaired) electrons. The van der Waals surface area contributed by atoms with Gasteiger partial charge in [-0.25, -0.2) is 5.84 Å². The van der Waals surface area contributed by atoms with Crippen LogP contribution < -0.4 is 26.1 Å². The molecule has 1 aromatic carbocycles. The van der Waals surface area contributed by atoms with Gasteiger partial charge in [0.05, 0.1) is 19.1 Å². The van der Waals surface area contributed by atoms with E-state index in [-0.39, 0.29) is 11.6 Å². The van der Waals surface area contributed by atoms with E-state index >= 15 is 0 Å². The molecule has 0 unspecified atom stereocenters. The molecule has 24 heavy (non-hydrogen) atoms. The lowest BCUT2D eigenvalue weighted by Crippen LogP contribution is -2.38. The van der Waals surface area contributed by atoms with Gasteiger partial charge in [0.15, 0.2) is 11.5 Å². The van der Waals surface area contributed by atoms with Gasteiger partial charge in [-0.05, 0) is 35.2 Å². The van der Waals surface area contributed by atoms with E-state index in [0.717, 1.165) is 0 Å². The second-order valence-corrected chi connectivity index (χ2v) is 5.53. The zero-order valence-electron chi connectivity index (χ0n) is 13.2. The summed E-state index contributed by atoms with van der Waals surface area (Å²) in [5.41, 5.74) is 2.67. The number of nitrogens with two attached hydrogens (primary N) is 1. The van der Waals surface area contributed by atoms with Crippen molar-refractivity contribution in [3.8, 4) is 11.5 Å². The molecule has 2 rings (SSSR count). The maximum absolute atomic E-state index is 12.1. The lowest BCUT2D eigenvalue weighted by Gasteiger charge is -2.10. The van der Waals surface area contributed by atoms with Crippen LogP contribution in [0, 0.1) is 0 Å². The quantitative estimate of drug-likeness (QED) is 0.318. The van der Waals surface area contributed by atoms with Crippen molar-refractivity contribution in [1.82, 2.24) is 10.7 Å². The van der Waals surface area contributed by atoms with Gasteiger partial charge in [-0.2, -0.15) is 0 Å². The van der Waals surface area contributed by atoms with Crippen LogP contribution in [-0.4, -0.2) is 26.0 Å². The summed E-state index contributed by atoms with van der Waals surface area (Å²) >= 11 is 1.27. The molecule has 1 aromatic heterocycles. The zero-order valence-corrected chi connectivity index (χ0v) is 14.0. The number of methoxy groups -OCH3 is 2. The van der Waals surface area contributed by atoms with Crippen molar-refractivity contribution in [3.05, 3.63) is 51.8 Å². The highest BCUT2D eigenvalue weighted by Gasteiger charge is 2.15. The first kappa shape index (κ1) is 17.5. The van der Waals surface area contributed by atoms with E-state index in [1.165, 1.54) is 31.6 Å². The van der Waals surface area contributed by atoms with E-state index in [9.17, 15) is 9.59 Å². The van der Waals surface area contributed by atoms with Gasteiger partial charge in [-0.1, -0.05) is 12.1 Å². The minimum absolute atomic E-state index is 0.0168. The number of benzene rings is 1. The number of amides is 2. The second-order valence-electron chi connectivity index (χ2n) is 4.58. The Morgan fingerprint density at radius 1 is 1.17 bits per heavy atom. The molecule has 1 heterocycles. The highest BCUT2D eigenvalue weighted by molar-refractivity contribution is 7.12. The third kappa shape index (κ3) is 4.12. The summed E-state index contributed by atoms with van der Waals surface area (Å²) in [6, 6.07) is 8.51. The van der Waals surface area contributed by atoms with Crippen molar-refractivity contribution < 1.29 is 19.1 Å². The van der Waals surface area contributed by atoms with Crippen molar-refractivity contribution in [2.75, 3.05) is 14.2 Å². The van der Waals surface area contributed by atoms with Crippen molar-refractivity contribution in [3.63, 3.8) is 0 Å². The maximum Gasteiger partial charge on any atom is 0.281 e. The molecule has 0 aliphatic heterocycles. The lowest BCUT2D eigenvalue weighted by atomic mass is 10.1. The van der Waals surface area contributed by atoms with Crippen molar-refractivity contribution in [2.45, 2.75) is 0 Å². The summed E-state index contributed by atoms with van der Waals surface area (Å²) < 4.78 is 10.4. The Balaban J connectivity index is 2.32. The third-order valence-corrected chi connectivity index (χ3v) is 3.96. The van der Waals surface area contributed by atoms with Crippen LogP contribution in [-0.2, 0) is 4.79 Å². The van der Waals surface area contributed by atoms with Crippen LogP contribution in [0.1, 0.15) is 15.2 Å². The van der Waals surface area contributed by atoms with E-state index < -0.39 is 5.91 Å². The Bertz CT molecular complexity index is 757. The molecule has 4 N–H and O–H groups in total. The number of thiophene rings is 1. The van der Waals surface area contributed by atoms with Gasteiger partial charge in [0.25, 0.3) is 11.8 Å². The van der Waals surface area contributed by atoms with Crippen LogP contribution in [0.3, 0.4) is 0 Å². The fourth-order valence-electron chi connectivity index (χ4n) is 1.94. The molecular formula is C16H17N3O4S. The maximum atomic E-state index is 12.1. The summed E-state index contributed by atoms with van der Waals surface area (Å²) in [6.07, 6.45) is 1.50. The molecule has 0 fully saturated rings. The molecule has 2 amide bonds. The molecule has 8 heteroatoms. The normalized spacial score (nSPS) is 10.9. The van der Waals surface area contributed by atoms with Gasteiger partial charge in [0.1, 0.15) is 5.70 Å². The topological polar surface area (TPSA) is 103 Å². The smallest absolute Gasteiger partial charge is 0.281 e. The second kappa shape index (κ2) is 8.14. The fraction of sp³-hybridized carbons (Fsp3) is 0.125. The fourth-order valence-corrected chi connectivity index (χ4v) is 2.56. The van der Waals surface area contributed by atoms with Crippen LogP contribution in [0.15, 0.2) is 41.4 Å². The van der Waals surface area contributed by atoms with Crippen LogP contribution in [0.5, 0.6) is 11.5 Å². The molecule has 2 aromatic rings. The SMILES string of the molecule is COc1ccc(/C=C(/NC(=O)c2cccs2)C(=O)NN)cc1OC. The number of ether oxygens (including phenoxy) is 2. The number of hydrogen-bond donors (Lipinski definition) is 3. The molecule has 0 saturated heterocycles. The van der Waals surface area contributed by atoms with Gasteiger partial charge in [-0.15, -0.1) is 11.3 Å². The van der Waals surface area contributed by atoms with E-state index in [2.05, 4.69) is 5.32 Å². The van der Waals surface area contributed by atoms with Crippen LogP contribution >= 0.6 is 11.3 Å². The number of carbonyl (C=O) groups excluding carboxylic acids is 2. The predicted octanol–water partition coefficient (Wildman–Crippen LogP) is 1.53. The van der Waals surface area contributed by atoms with Crippen molar-refractivity contribution >= 4 is 29.2 Å². The lowest BCUT2D eigenvalue weighted by molar-refractivity contribution is -0.117. The standard InChI is InChI=1S/C16H17N3O4S/c1-22-12-6-5-10(9-13(12)23-2)8-11(15(20)19-17)18-16(21)14-4-3-7-24-14/h3-9H,17H2,1-2H3,(H,18,21)(H,19,20)/b11-8+. The minimum atomic E-state index is -0.616. The molecule has 0 saturated carbocycles. The third-order valence-electron chi connectivity index (χ3n) is 3.09. The van der Waals surface area contributed by atoms with Gasteiger partial charge in [0.2, 0.25) is 0 Å². The Labute approximate surface area is 143 Å². The van der Waals surface area contributed by atoms with E-state index in [0.29, 0.717) is 21.9 Å². The predicted molar refractivity (Wildman–Crippen MR) is 91.6 cm³/mol. The van der Waals surface area contributed by atoms with E-state index in [4.69, 9.17) is 15.3 Å². The van der Waals surface area contributed by atoms with Gasteiger partial charge < -0.3 is 14.8 Å². The first-order valence-electron chi connectivity index (χ1n) is 6.88.